The van der Waals surface area contributed by atoms with Gasteiger partial charge >= 0.3 is 5.97 Å². The summed E-state index contributed by atoms with van der Waals surface area (Å²) in [7, 11) is 1.53. The molecule has 6 nitrogen and oxygen atoms in total. The van der Waals surface area contributed by atoms with E-state index in [9.17, 15) is 23.8 Å². The number of pyridine rings is 1. The van der Waals surface area contributed by atoms with E-state index in [1.54, 1.807) is 36.0 Å². The van der Waals surface area contributed by atoms with Crippen LogP contribution >= 0.6 is 11.8 Å². The minimum Gasteiger partial charge on any atom is -0.497 e. The number of hydrogen-bond acceptors (Lipinski definition) is 6. The maximum atomic E-state index is 14.8. The van der Waals surface area contributed by atoms with E-state index < -0.39 is 17.9 Å². The molecule has 1 fully saturated rings. The summed E-state index contributed by atoms with van der Waals surface area (Å²) in [6, 6.07) is 11.7. The van der Waals surface area contributed by atoms with Gasteiger partial charge in [-0.05, 0) is 74.0 Å². The average Bonchev–Trinajstić information content (AvgIpc) is 2.87. The van der Waals surface area contributed by atoms with Gasteiger partial charge in [-0.1, -0.05) is 6.07 Å². The summed E-state index contributed by atoms with van der Waals surface area (Å²) in [5.41, 5.74) is 0.773. The maximum absolute atomic E-state index is 14.8. The zero-order valence-electron chi connectivity index (χ0n) is 20.8. The molecule has 0 saturated carbocycles. The molecule has 1 aromatic heterocycles. The summed E-state index contributed by atoms with van der Waals surface area (Å²) >= 11 is 1.58. The van der Waals surface area contributed by atoms with E-state index in [0.29, 0.717) is 36.0 Å². The zero-order valence-corrected chi connectivity index (χ0v) is 21.6. The number of benzene rings is 2. The number of fused-ring (bicyclic) bond motifs is 1. The first-order chi connectivity index (χ1) is 17.8. The molecule has 1 aliphatic heterocycles. The summed E-state index contributed by atoms with van der Waals surface area (Å²) in [4.78, 5) is 18.8. The van der Waals surface area contributed by atoms with E-state index >= 15 is 0 Å². The minimum atomic E-state index is -1.04. The van der Waals surface area contributed by atoms with Gasteiger partial charge in [-0.3, -0.25) is 9.78 Å². The standard InChI is InChI=1S/C28H32F2N2O4S/c1-36-21-6-7-25-23(15-21)28(24(30)16-31-25)26(33)8-5-18-9-10-32(17-19(18)13-27(34)35)11-12-37-22-4-2-3-20(29)14-22/h2-4,6-7,14-16,18-19,26,33H,5,8-13,17H2,1H3,(H,34,35)/t18-,19+,26+/m1/s1. The first kappa shape index (κ1) is 27.3. The van der Waals surface area contributed by atoms with Crippen LogP contribution in [0.25, 0.3) is 10.9 Å². The van der Waals surface area contributed by atoms with E-state index in [-0.39, 0.29) is 29.6 Å². The van der Waals surface area contributed by atoms with Gasteiger partial charge in [0.1, 0.15) is 17.4 Å². The van der Waals surface area contributed by atoms with Crippen LogP contribution in [0.4, 0.5) is 8.78 Å². The number of hydrogen-bond donors (Lipinski definition) is 2. The molecule has 0 aliphatic carbocycles. The molecule has 1 aliphatic rings. The van der Waals surface area contributed by atoms with Crippen molar-refractivity contribution in [2.45, 2.75) is 36.7 Å². The number of carboxylic acid groups (broad SMARTS) is 1. The molecule has 0 unspecified atom stereocenters. The number of thioether (sulfide) groups is 1. The van der Waals surface area contributed by atoms with Gasteiger partial charge < -0.3 is 19.8 Å². The molecule has 2 aromatic carbocycles. The Hall–Kier alpha value is -2.75. The largest absolute Gasteiger partial charge is 0.497 e. The molecule has 2 N–H and O–H groups in total. The van der Waals surface area contributed by atoms with Gasteiger partial charge in [0.2, 0.25) is 0 Å². The van der Waals surface area contributed by atoms with E-state index in [1.165, 1.54) is 19.2 Å². The fourth-order valence-corrected chi connectivity index (χ4v) is 6.15. The van der Waals surface area contributed by atoms with Crippen molar-refractivity contribution in [3.63, 3.8) is 0 Å². The Bertz CT molecular complexity index is 1230. The van der Waals surface area contributed by atoms with Gasteiger partial charge in [0, 0.05) is 41.1 Å². The number of aliphatic hydroxyl groups excluding tert-OH is 1. The third-order valence-electron chi connectivity index (χ3n) is 7.10. The lowest BCUT2D eigenvalue weighted by Gasteiger charge is -2.38. The predicted molar refractivity (Wildman–Crippen MR) is 140 cm³/mol. The number of ether oxygens (including phenoxy) is 1. The van der Waals surface area contributed by atoms with Crippen LogP contribution in [0.1, 0.15) is 37.4 Å². The van der Waals surface area contributed by atoms with E-state index in [2.05, 4.69) is 9.88 Å². The zero-order chi connectivity index (χ0) is 26.4. The summed E-state index contributed by atoms with van der Waals surface area (Å²) in [5.74, 6) is -0.276. The number of piperidine rings is 1. The van der Waals surface area contributed by atoms with Crippen LogP contribution in [0.3, 0.4) is 0 Å². The van der Waals surface area contributed by atoms with E-state index in [4.69, 9.17) is 4.74 Å². The van der Waals surface area contributed by atoms with Crippen molar-refractivity contribution in [2.24, 2.45) is 11.8 Å². The third-order valence-corrected chi connectivity index (χ3v) is 8.07. The normalized spacial score (nSPS) is 19.1. The van der Waals surface area contributed by atoms with Gasteiger partial charge in [-0.15, -0.1) is 11.8 Å². The second-order valence-corrected chi connectivity index (χ2v) is 10.7. The first-order valence-corrected chi connectivity index (χ1v) is 13.5. The van der Waals surface area contributed by atoms with E-state index in [1.807, 2.05) is 6.07 Å². The number of carbonyl (C=O) groups is 1. The molecule has 9 heteroatoms. The molecule has 0 bridgehead atoms. The lowest BCUT2D eigenvalue weighted by molar-refractivity contribution is -0.139. The highest BCUT2D eigenvalue weighted by Crippen LogP contribution is 2.36. The van der Waals surface area contributed by atoms with Crippen molar-refractivity contribution < 1.29 is 28.5 Å². The van der Waals surface area contributed by atoms with Crippen LogP contribution in [0.2, 0.25) is 0 Å². The lowest BCUT2D eigenvalue weighted by atomic mass is 9.79. The minimum absolute atomic E-state index is 0.0536. The highest BCUT2D eigenvalue weighted by molar-refractivity contribution is 7.99. The van der Waals surface area contributed by atoms with Gasteiger partial charge in [0.05, 0.1) is 24.9 Å². The number of aliphatic carboxylic acids is 1. The van der Waals surface area contributed by atoms with Gasteiger partial charge in [0.15, 0.2) is 0 Å². The molecule has 0 amide bonds. The Morgan fingerprint density at radius 3 is 2.84 bits per heavy atom. The van der Waals surface area contributed by atoms with Crippen LogP contribution in [-0.4, -0.2) is 58.6 Å². The van der Waals surface area contributed by atoms with Crippen LogP contribution in [0.15, 0.2) is 53.6 Å². The smallest absolute Gasteiger partial charge is 0.303 e. The molecule has 3 atom stereocenters. The number of carboxylic acids is 1. The molecule has 198 valence electrons. The second-order valence-electron chi connectivity index (χ2n) is 9.51. The molecule has 0 radical (unpaired) electrons. The molecule has 3 aromatic rings. The average molecular weight is 531 g/mol. The van der Waals surface area contributed by atoms with E-state index in [0.717, 1.165) is 36.4 Å². The van der Waals surface area contributed by atoms with Crippen LogP contribution in [0.5, 0.6) is 5.75 Å². The third kappa shape index (κ3) is 7.18. The monoisotopic (exact) mass is 530 g/mol. The Balaban J connectivity index is 1.37. The number of halogens is 2. The van der Waals surface area contributed by atoms with Crippen molar-refractivity contribution in [3.8, 4) is 5.75 Å². The fourth-order valence-electron chi connectivity index (χ4n) is 5.19. The maximum Gasteiger partial charge on any atom is 0.303 e. The number of aromatic nitrogens is 1. The Kier molecular flexibility index (Phi) is 9.34. The quantitative estimate of drug-likeness (QED) is 0.315. The predicted octanol–water partition coefficient (Wildman–Crippen LogP) is 5.54. The number of aliphatic hydroxyl groups is 1. The van der Waals surface area contributed by atoms with Crippen LogP contribution in [-0.2, 0) is 4.79 Å². The lowest BCUT2D eigenvalue weighted by Crippen LogP contribution is -2.42. The Morgan fingerprint density at radius 1 is 1.24 bits per heavy atom. The number of nitrogens with zero attached hydrogens (tertiary/aromatic N) is 2. The summed E-state index contributed by atoms with van der Waals surface area (Å²) in [5, 5.41) is 21.0. The van der Waals surface area contributed by atoms with Crippen molar-refractivity contribution in [2.75, 3.05) is 32.5 Å². The molecular weight excluding hydrogens is 498 g/mol. The Labute approximate surface area is 219 Å². The van der Waals surface area contributed by atoms with Crippen molar-refractivity contribution in [3.05, 3.63) is 65.9 Å². The molecule has 2 heterocycles. The summed E-state index contributed by atoms with van der Waals surface area (Å²) < 4.78 is 33.4. The van der Waals surface area contributed by atoms with Crippen LogP contribution in [0, 0.1) is 23.5 Å². The summed E-state index contributed by atoms with van der Waals surface area (Å²) in [6.07, 6.45) is 1.87. The SMILES string of the molecule is COc1ccc2ncc(F)c([C@@H](O)CC[C@@H]3CCN(CCSc4cccc(F)c4)C[C@@H]3CC(=O)O)c2c1. The molecule has 0 spiro atoms. The molecule has 1 saturated heterocycles. The number of rotatable bonds is 11. The van der Waals surface area contributed by atoms with Gasteiger partial charge in [-0.2, -0.15) is 0 Å². The number of methoxy groups -OCH3 is 1. The molecule has 4 rings (SSSR count). The van der Waals surface area contributed by atoms with Crippen molar-refractivity contribution in [1.82, 2.24) is 9.88 Å². The van der Waals surface area contributed by atoms with Gasteiger partial charge in [0.25, 0.3) is 0 Å². The van der Waals surface area contributed by atoms with Gasteiger partial charge in [-0.25, -0.2) is 8.78 Å². The fraction of sp³-hybridized carbons (Fsp3) is 0.429. The first-order valence-electron chi connectivity index (χ1n) is 12.5. The molecule has 37 heavy (non-hydrogen) atoms. The summed E-state index contributed by atoms with van der Waals surface area (Å²) in [6.45, 7) is 2.26. The molecular formula is C28H32F2N2O4S. The number of likely N-dealkylation sites (tertiary alicyclic amines) is 1. The van der Waals surface area contributed by atoms with Crippen molar-refractivity contribution in [1.29, 1.82) is 0 Å². The highest BCUT2D eigenvalue weighted by Gasteiger charge is 2.31. The highest BCUT2D eigenvalue weighted by atomic mass is 32.2. The topological polar surface area (TPSA) is 82.9 Å². The van der Waals surface area contributed by atoms with Crippen LogP contribution < -0.4 is 4.74 Å². The second kappa shape index (κ2) is 12.7. The Morgan fingerprint density at radius 2 is 2.08 bits per heavy atom. The van der Waals surface area contributed by atoms with Crippen molar-refractivity contribution >= 4 is 28.6 Å².